The quantitative estimate of drug-likeness (QED) is 0.499. The Kier molecular flexibility index (Phi) is 6.72. The van der Waals surface area contributed by atoms with Crippen molar-refractivity contribution < 1.29 is 14.4 Å². The molecule has 4 rings (SSSR count). The largest absolute Gasteiger partial charge is 0.350 e. The summed E-state index contributed by atoms with van der Waals surface area (Å²) in [5.41, 5.74) is 2.59. The Balaban J connectivity index is 1.57. The molecule has 164 valence electrons. The summed E-state index contributed by atoms with van der Waals surface area (Å²) in [4.78, 5) is 42.4. The van der Waals surface area contributed by atoms with Gasteiger partial charge in [-0.3, -0.25) is 24.2 Å². The predicted molar refractivity (Wildman–Crippen MR) is 131 cm³/mol. The monoisotopic (exact) mass is 465 g/mol. The molecule has 0 bridgehead atoms. The summed E-state index contributed by atoms with van der Waals surface area (Å²) in [6.45, 7) is 2.85. The lowest BCUT2D eigenvalue weighted by Crippen LogP contribution is -2.38. The first-order chi connectivity index (χ1) is 15.5. The first kappa shape index (κ1) is 22.2. The highest BCUT2D eigenvalue weighted by atomic mass is 32.2. The second kappa shape index (κ2) is 9.67. The van der Waals surface area contributed by atoms with E-state index in [1.54, 1.807) is 11.0 Å². The summed E-state index contributed by atoms with van der Waals surface area (Å²) in [6.07, 6.45) is 1.78. The van der Waals surface area contributed by atoms with Crippen LogP contribution >= 0.6 is 24.0 Å². The Labute approximate surface area is 196 Å². The number of unbranched alkanes of at least 4 members (excludes halogenated alkanes) is 1. The number of para-hydroxylation sites is 1. The molecule has 0 aliphatic carbocycles. The number of carbonyl (C=O) groups is 3. The zero-order valence-corrected chi connectivity index (χ0v) is 19.3. The minimum atomic E-state index is -0.350. The number of fused-ring (bicyclic) bond motifs is 1. The van der Waals surface area contributed by atoms with Gasteiger partial charge in [-0.15, -0.1) is 0 Å². The van der Waals surface area contributed by atoms with E-state index in [1.807, 2.05) is 55.5 Å². The maximum Gasteiger partial charge on any atom is 0.267 e. The summed E-state index contributed by atoms with van der Waals surface area (Å²) in [7, 11) is 0. The van der Waals surface area contributed by atoms with Crippen molar-refractivity contribution in [3.63, 3.8) is 0 Å². The number of hydrogen-bond donors (Lipinski definition) is 1. The van der Waals surface area contributed by atoms with Crippen LogP contribution in [0.4, 0.5) is 5.69 Å². The minimum absolute atomic E-state index is 0.123. The van der Waals surface area contributed by atoms with Gasteiger partial charge in [0.2, 0.25) is 5.91 Å². The number of benzene rings is 2. The number of nitrogens with one attached hydrogen (secondary N) is 1. The third-order valence-electron chi connectivity index (χ3n) is 5.37. The number of hydrogen-bond acceptors (Lipinski definition) is 5. The van der Waals surface area contributed by atoms with Gasteiger partial charge in [0.05, 0.1) is 16.2 Å². The summed E-state index contributed by atoms with van der Waals surface area (Å²) >= 11 is 6.57. The van der Waals surface area contributed by atoms with E-state index in [-0.39, 0.29) is 24.3 Å². The maximum absolute atomic E-state index is 13.4. The SMILES string of the molecule is CCCCN1C(=O)C(=C2C(=O)N(CC(=O)NCc3ccccc3)c3ccccc32)SC1=S. The van der Waals surface area contributed by atoms with Crippen molar-refractivity contribution in [1.29, 1.82) is 0 Å². The molecule has 0 unspecified atom stereocenters. The van der Waals surface area contributed by atoms with Crippen LogP contribution in [0.15, 0.2) is 59.5 Å². The average molecular weight is 466 g/mol. The third-order valence-corrected chi connectivity index (χ3v) is 6.82. The number of rotatable bonds is 7. The number of thiocarbonyl (C=S) groups is 1. The van der Waals surface area contributed by atoms with E-state index in [9.17, 15) is 14.4 Å². The van der Waals surface area contributed by atoms with E-state index in [1.165, 1.54) is 4.90 Å². The van der Waals surface area contributed by atoms with Crippen molar-refractivity contribution in [1.82, 2.24) is 10.2 Å². The van der Waals surface area contributed by atoms with Gasteiger partial charge in [-0.25, -0.2) is 0 Å². The Bertz CT molecular complexity index is 1110. The van der Waals surface area contributed by atoms with E-state index in [0.717, 1.165) is 30.2 Å². The molecule has 0 spiro atoms. The number of carbonyl (C=O) groups excluding carboxylic acids is 3. The van der Waals surface area contributed by atoms with Crippen LogP contribution in [-0.4, -0.2) is 40.0 Å². The van der Waals surface area contributed by atoms with Gasteiger partial charge in [-0.1, -0.05) is 85.9 Å². The molecule has 0 atom stereocenters. The van der Waals surface area contributed by atoms with E-state index < -0.39 is 0 Å². The second-order valence-electron chi connectivity index (χ2n) is 7.55. The third kappa shape index (κ3) is 4.33. The fourth-order valence-corrected chi connectivity index (χ4v) is 5.09. The smallest absolute Gasteiger partial charge is 0.267 e. The zero-order valence-electron chi connectivity index (χ0n) is 17.7. The minimum Gasteiger partial charge on any atom is -0.350 e. The molecular weight excluding hydrogens is 442 g/mol. The van der Waals surface area contributed by atoms with Crippen molar-refractivity contribution in [3.05, 3.63) is 70.6 Å². The zero-order chi connectivity index (χ0) is 22.7. The van der Waals surface area contributed by atoms with Crippen LogP contribution in [0.3, 0.4) is 0 Å². The van der Waals surface area contributed by atoms with Gasteiger partial charge in [0.1, 0.15) is 10.9 Å². The van der Waals surface area contributed by atoms with E-state index in [2.05, 4.69) is 5.32 Å². The van der Waals surface area contributed by atoms with Gasteiger partial charge in [-0.2, -0.15) is 0 Å². The summed E-state index contributed by atoms with van der Waals surface area (Å²) in [6, 6.07) is 16.8. The first-order valence-electron chi connectivity index (χ1n) is 10.5. The molecule has 3 amide bonds. The van der Waals surface area contributed by atoms with Gasteiger partial charge in [0.25, 0.3) is 11.8 Å². The molecule has 1 saturated heterocycles. The van der Waals surface area contributed by atoms with Crippen molar-refractivity contribution in [2.45, 2.75) is 26.3 Å². The van der Waals surface area contributed by atoms with Crippen LogP contribution in [0.25, 0.3) is 5.57 Å². The van der Waals surface area contributed by atoms with Crippen molar-refractivity contribution in [2.24, 2.45) is 0 Å². The van der Waals surface area contributed by atoms with Crippen LogP contribution in [0, 0.1) is 0 Å². The maximum atomic E-state index is 13.4. The summed E-state index contributed by atoms with van der Waals surface area (Å²) < 4.78 is 0.468. The number of thioether (sulfide) groups is 1. The van der Waals surface area contributed by atoms with E-state index in [4.69, 9.17) is 12.2 Å². The number of anilines is 1. The fraction of sp³-hybridized carbons (Fsp3) is 0.250. The number of nitrogens with zero attached hydrogens (tertiary/aromatic N) is 2. The van der Waals surface area contributed by atoms with Gasteiger partial charge in [-0.05, 0) is 18.1 Å². The lowest BCUT2D eigenvalue weighted by molar-refractivity contribution is -0.122. The molecule has 1 N–H and O–H groups in total. The Hall–Kier alpha value is -2.97. The molecule has 2 aliphatic rings. The fourth-order valence-electron chi connectivity index (χ4n) is 3.71. The summed E-state index contributed by atoms with van der Waals surface area (Å²) in [5, 5.41) is 2.86. The molecule has 6 nitrogen and oxygen atoms in total. The van der Waals surface area contributed by atoms with Crippen LogP contribution in [0.1, 0.15) is 30.9 Å². The average Bonchev–Trinajstić information content (AvgIpc) is 3.23. The van der Waals surface area contributed by atoms with Crippen LogP contribution in [0.2, 0.25) is 0 Å². The molecule has 0 aromatic heterocycles. The lowest BCUT2D eigenvalue weighted by atomic mass is 10.1. The standard InChI is InChI=1S/C24H23N3O3S2/c1-2-3-13-26-23(30)21(32-24(26)31)20-17-11-7-8-12-18(17)27(22(20)29)15-19(28)25-14-16-9-5-4-6-10-16/h4-12H,2-3,13-15H2,1H3,(H,25,28). The van der Waals surface area contributed by atoms with E-state index >= 15 is 0 Å². The molecule has 8 heteroatoms. The molecule has 2 aliphatic heterocycles. The number of amides is 3. The predicted octanol–water partition coefficient (Wildman–Crippen LogP) is 3.72. The molecule has 2 aromatic carbocycles. The normalized spacial score (nSPS) is 17.8. The Morgan fingerprint density at radius 2 is 1.72 bits per heavy atom. The Morgan fingerprint density at radius 3 is 2.47 bits per heavy atom. The molecular formula is C24H23N3O3S2. The molecule has 2 aromatic rings. The Morgan fingerprint density at radius 1 is 1.00 bits per heavy atom. The van der Waals surface area contributed by atoms with Gasteiger partial charge >= 0.3 is 0 Å². The first-order valence-corrected chi connectivity index (χ1v) is 11.7. The van der Waals surface area contributed by atoms with Crippen LogP contribution in [-0.2, 0) is 20.9 Å². The lowest BCUT2D eigenvalue weighted by Gasteiger charge is -2.17. The molecule has 2 heterocycles. The molecule has 0 saturated carbocycles. The summed E-state index contributed by atoms with van der Waals surface area (Å²) in [5.74, 6) is -0.854. The van der Waals surface area contributed by atoms with E-state index in [0.29, 0.717) is 39.1 Å². The van der Waals surface area contributed by atoms with Crippen LogP contribution < -0.4 is 10.2 Å². The topological polar surface area (TPSA) is 69.7 Å². The van der Waals surface area contributed by atoms with Crippen molar-refractivity contribution >= 4 is 57.3 Å². The highest BCUT2D eigenvalue weighted by Gasteiger charge is 2.42. The van der Waals surface area contributed by atoms with Gasteiger partial charge in [0.15, 0.2) is 0 Å². The van der Waals surface area contributed by atoms with Crippen molar-refractivity contribution in [3.8, 4) is 0 Å². The highest BCUT2D eigenvalue weighted by molar-refractivity contribution is 8.26. The molecule has 0 radical (unpaired) electrons. The van der Waals surface area contributed by atoms with Crippen molar-refractivity contribution in [2.75, 3.05) is 18.0 Å². The highest BCUT2D eigenvalue weighted by Crippen LogP contribution is 2.44. The van der Waals surface area contributed by atoms with Crippen LogP contribution in [0.5, 0.6) is 0 Å². The van der Waals surface area contributed by atoms with Gasteiger partial charge in [0, 0.05) is 18.7 Å². The molecule has 1 fully saturated rings. The molecule has 32 heavy (non-hydrogen) atoms. The second-order valence-corrected chi connectivity index (χ2v) is 9.20. The van der Waals surface area contributed by atoms with Gasteiger partial charge < -0.3 is 5.32 Å².